The van der Waals surface area contributed by atoms with Crippen LogP contribution >= 0.6 is 0 Å². The van der Waals surface area contributed by atoms with Crippen LogP contribution in [0.1, 0.15) is 39.5 Å². The minimum absolute atomic E-state index is 0.0182. The molecule has 1 fully saturated rings. The van der Waals surface area contributed by atoms with E-state index in [4.69, 9.17) is 5.11 Å². The molecule has 0 aromatic heterocycles. The van der Waals surface area contributed by atoms with Crippen LogP contribution in [-0.2, 0) is 4.79 Å². The van der Waals surface area contributed by atoms with E-state index in [1.807, 2.05) is 6.92 Å². The third kappa shape index (κ3) is 3.87. The molecule has 6 heteroatoms. The Kier molecular flexibility index (Phi) is 5.40. The van der Waals surface area contributed by atoms with Crippen molar-refractivity contribution in [2.24, 2.45) is 0 Å². The highest BCUT2D eigenvalue weighted by Crippen LogP contribution is 2.18. The highest BCUT2D eigenvalue weighted by Gasteiger charge is 2.39. The molecule has 1 aliphatic rings. The van der Waals surface area contributed by atoms with Crippen LogP contribution in [0.2, 0.25) is 0 Å². The molecule has 3 atom stereocenters. The number of unbranched alkanes of at least 4 members (excludes halogenated alkanes) is 1. The molecule has 0 aliphatic carbocycles. The summed E-state index contributed by atoms with van der Waals surface area (Å²) >= 11 is 0. The molecule has 3 N–H and O–H groups in total. The van der Waals surface area contributed by atoms with E-state index < -0.39 is 24.1 Å². The van der Waals surface area contributed by atoms with Gasteiger partial charge in [0.05, 0.1) is 6.10 Å². The number of carboxylic acids is 1. The molecule has 6 nitrogen and oxygen atoms in total. The van der Waals surface area contributed by atoms with Gasteiger partial charge in [-0.25, -0.2) is 9.59 Å². The van der Waals surface area contributed by atoms with E-state index in [9.17, 15) is 14.7 Å². The van der Waals surface area contributed by atoms with Gasteiger partial charge in [-0.2, -0.15) is 0 Å². The Bertz CT molecular complexity index is 308. The van der Waals surface area contributed by atoms with Gasteiger partial charge in [0, 0.05) is 19.0 Å². The molecular weight excluding hydrogens is 236 g/mol. The number of aliphatic hydroxyl groups excluding tert-OH is 1. The van der Waals surface area contributed by atoms with Gasteiger partial charge in [-0.3, -0.25) is 0 Å². The van der Waals surface area contributed by atoms with Crippen molar-refractivity contribution in [2.45, 2.75) is 57.7 Å². The third-order valence-electron chi connectivity index (χ3n) is 3.19. The fourth-order valence-electron chi connectivity index (χ4n) is 2.15. The number of nitrogens with one attached hydrogen (secondary N) is 1. The van der Waals surface area contributed by atoms with Crippen molar-refractivity contribution >= 4 is 12.0 Å². The second kappa shape index (κ2) is 6.58. The molecule has 18 heavy (non-hydrogen) atoms. The summed E-state index contributed by atoms with van der Waals surface area (Å²) in [6, 6.07) is -1.30. The van der Waals surface area contributed by atoms with Gasteiger partial charge in [0.2, 0.25) is 0 Å². The van der Waals surface area contributed by atoms with Crippen molar-refractivity contribution < 1.29 is 19.8 Å². The predicted molar refractivity (Wildman–Crippen MR) is 66.3 cm³/mol. The van der Waals surface area contributed by atoms with Gasteiger partial charge in [0.15, 0.2) is 0 Å². The minimum atomic E-state index is -1.07. The van der Waals surface area contributed by atoms with Crippen LogP contribution < -0.4 is 5.32 Å². The number of likely N-dealkylation sites (tertiary alicyclic amines) is 1. The molecule has 1 heterocycles. The number of β-amino-alcohol motifs (C(OH)–C–C–N with tert-alkyl or cyclic N) is 1. The first-order valence-electron chi connectivity index (χ1n) is 6.43. The zero-order valence-electron chi connectivity index (χ0n) is 10.9. The van der Waals surface area contributed by atoms with Gasteiger partial charge in [-0.15, -0.1) is 0 Å². The zero-order valence-corrected chi connectivity index (χ0v) is 10.9. The van der Waals surface area contributed by atoms with Crippen molar-refractivity contribution in [3.63, 3.8) is 0 Å². The average molecular weight is 258 g/mol. The number of carbonyl (C=O) groups excluding carboxylic acids is 1. The molecule has 1 saturated heterocycles. The summed E-state index contributed by atoms with van der Waals surface area (Å²) in [7, 11) is 0. The van der Waals surface area contributed by atoms with Crippen LogP contribution in [0.5, 0.6) is 0 Å². The van der Waals surface area contributed by atoms with Crippen molar-refractivity contribution in [1.29, 1.82) is 0 Å². The molecule has 104 valence electrons. The highest BCUT2D eigenvalue weighted by atomic mass is 16.4. The molecule has 1 aliphatic heterocycles. The number of carboxylic acid groups (broad SMARTS) is 1. The monoisotopic (exact) mass is 258 g/mol. The molecule has 0 radical (unpaired) electrons. The van der Waals surface area contributed by atoms with Crippen LogP contribution in [0, 0.1) is 0 Å². The first kappa shape index (κ1) is 14.8. The lowest BCUT2D eigenvalue weighted by molar-refractivity contribution is -0.141. The van der Waals surface area contributed by atoms with Gasteiger partial charge in [-0.05, 0) is 13.3 Å². The van der Waals surface area contributed by atoms with Crippen LogP contribution in [0.3, 0.4) is 0 Å². The summed E-state index contributed by atoms with van der Waals surface area (Å²) in [5, 5.41) is 21.2. The number of aliphatic hydroxyl groups is 1. The number of carbonyl (C=O) groups is 2. The molecule has 0 spiro atoms. The Morgan fingerprint density at radius 2 is 2.17 bits per heavy atom. The van der Waals surface area contributed by atoms with Gasteiger partial charge >= 0.3 is 12.0 Å². The fraction of sp³-hybridized carbons (Fsp3) is 0.833. The number of rotatable bonds is 5. The number of aliphatic carboxylic acids is 1. The van der Waals surface area contributed by atoms with E-state index in [1.165, 1.54) is 4.90 Å². The van der Waals surface area contributed by atoms with E-state index >= 15 is 0 Å². The van der Waals surface area contributed by atoms with Crippen molar-refractivity contribution in [3.8, 4) is 0 Å². The summed E-state index contributed by atoms with van der Waals surface area (Å²) < 4.78 is 0. The lowest BCUT2D eigenvalue weighted by Crippen LogP contribution is -2.48. The fourth-order valence-corrected chi connectivity index (χ4v) is 2.15. The minimum Gasteiger partial charge on any atom is -0.480 e. The third-order valence-corrected chi connectivity index (χ3v) is 3.19. The first-order chi connectivity index (χ1) is 8.45. The van der Waals surface area contributed by atoms with Crippen molar-refractivity contribution in [3.05, 3.63) is 0 Å². The van der Waals surface area contributed by atoms with Crippen molar-refractivity contribution in [1.82, 2.24) is 10.2 Å². The number of hydrogen-bond donors (Lipinski definition) is 3. The van der Waals surface area contributed by atoms with Crippen LogP contribution in [0.4, 0.5) is 4.79 Å². The molecule has 3 unspecified atom stereocenters. The quantitative estimate of drug-likeness (QED) is 0.680. The van der Waals surface area contributed by atoms with E-state index in [0.29, 0.717) is 0 Å². The first-order valence-corrected chi connectivity index (χ1v) is 6.43. The standard InChI is InChI=1S/C12H22N2O4/c1-3-4-5-8(2)13-12(18)14-7-9(15)6-10(14)11(16)17/h8-10,15H,3-7H2,1-2H3,(H,13,18)(H,16,17). The summed E-state index contributed by atoms with van der Waals surface area (Å²) in [5.74, 6) is -1.07. The maximum Gasteiger partial charge on any atom is 0.326 e. The number of nitrogens with zero attached hydrogens (tertiary/aromatic N) is 1. The molecule has 2 amide bonds. The molecule has 0 aromatic rings. The van der Waals surface area contributed by atoms with Gasteiger partial charge in [-0.1, -0.05) is 19.8 Å². The van der Waals surface area contributed by atoms with E-state index in [-0.39, 0.29) is 19.0 Å². The van der Waals surface area contributed by atoms with Gasteiger partial charge in [0.1, 0.15) is 6.04 Å². The van der Waals surface area contributed by atoms with Gasteiger partial charge in [0.25, 0.3) is 0 Å². The Morgan fingerprint density at radius 3 is 2.72 bits per heavy atom. The Labute approximate surface area is 107 Å². The topological polar surface area (TPSA) is 89.9 Å². The summed E-state index contributed by atoms with van der Waals surface area (Å²) in [6.07, 6.45) is 2.30. The number of amides is 2. The number of hydrogen-bond acceptors (Lipinski definition) is 3. The van der Waals surface area contributed by atoms with Crippen molar-refractivity contribution in [2.75, 3.05) is 6.54 Å². The summed E-state index contributed by atoms with van der Waals surface area (Å²) in [5.41, 5.74) is 0. The largest absolute Gasteiger partial charge is 0.480 e. The molecule has 1 rings (SSSR count). The lowest BCUT2D eigenvalue weighted by atomic mass is 10.1. The van der Waals surface area contributed by atoms with Crippen LogP contribution in [0.15, 0.2) is 0 Å². The van der Waals surface area contributed by atoms with E-state index in [1.54, 1.807) is 0 Å². The maximum atomic E-state index is 11.9. The molecule has 0 saturated carbocycles. The second-order valence-corrected chi connectivity index (χ2v) is 4.89. The Morgan fingerprint density at radius 1 is 1.50 bits per heavy atom. The predicted octanol–water partition coefficient (Wildman–Crippen LogP) is 0.794. The Hall–Kier alpha value is -1.30. The summed E-state index contributed by atoms with van der Waals surface area (Å²) in [4.78, 5) is 24.1. The average Bonchev–Trinajstić information content (AvgIpc) is 2.69. The lowest BCUT2D eigenvalue weighted by Gasteiger charge is -2.24. The van der Waals surface area contributed by atoms with Gasteiger partial charge < -0.3 is 20.4 Å². The van der Waals surface area contributed by atoms with E-state index in [2.05, 4.69) is 12.2 Å². The second-order valence-electron chi connectivity index (χ2n) is 4.89. The highest BCUT2D eigenvalue weighted by molar-refractivity contribution is 5.83. The Balaban J connectivity index is 2.52. The normalized spacial score (nSPS) is 24.9. The SMILES string of the molecule is CCCCC(C)NC(=O)N1CC(O)CC1C(=O)O. The molecular formula is C12H22N2O4. The summed E-state index contributed by atoms with van der Waals surface area (Å²) in [6.45, 7) is 4.06. The zero-order chi connectivity index (χ0) is 13.7. The number of urea groups is 1. The molecule has 0 aromatic carbocycles. The molecule has 0 bridgehead atoms. The maximum absolute atomic E-state index is 11.9. The van der Waals surface area contributed by atoms with Crippen LogP contribution in [-0.4, -0.2) is 51.8 Å². The van der Waals surface area contributed by atoms with Crippen LogP contribution in [0.25, 0.3) is 0 Å². The smallest absolute Gasteiger partial charge is 0.326 e. The van der Waals surface area contributed by atoms with E-state index in [0.717, 1.165) is 19.3 Å².